The van der Waals surface area contributed by atoms with Crippen molar-refractivity contribution in [1.29, 1.82) is 0 Å². The summed E-state index contributed by atoms with van der Waals surface area (Å²) in [5.41, 5.74) is 7.05. The van der Waals surface area contributed by atoms with Crippen molar-refractivity contribution in [2.75, 3.05) is 11.9 Å². The minimum Gasteiger partial charge on any atom is -0.450 e. The van der Waals surface area contributed by atoms with Crippen molar-refractivity contribution in [3.63, 3.8) is 0 Å². The van der Waals surface area contributed by atoms with E-state index in [4.69, 9.17) is 14.9 Å². The third-order valence-corrected chi connectivity index (χ3v) is 6.06. The van der Waals surface area contributed by atoms with Crippen LogP contribution in [0.2, 0.25) is 0 Å². The topological polar surface area (TPSA) is 112 Å². The molecule has 4 rings (SSSR count). The van der Waals surface area contributed by atoms with Crippen LogP contribution in [0.15, 0.2) is 22.6 Å². The van der Waals surface area contributed by atoms with Gasteiger partial charge >= 0.3 is 5.97 Å². The van der Waals surface area contributed by atoms with Gasteiger partial charge in [0.1, 0.15) is 5.00 Å². The van der Waals surface area contributed by atoms with Crippen LogP contribution >= 0.6 is 11.3 Å². The molecule has 1 aliphatic carbocycles. The summed E-state index contributed by atoms with van der Waals surface area (Å²) in [6.07, 6.45) is 2.54. The number of aryl methyl sites for hydroxylation is 2. The number of para-hydroxylation sites is 1. The summed E-state index contributed by atoms with van der Waals surface area (Å²) in [5, 5.41) is 3.41. The predicted molar refractivity (Wildman–Crippen MR) is 105 cm³/mol. The Kier molecular flexibility index (Phi) is 4.83. The van der Waals surface area contributed by atoms with Crippen LogP contribution in [0.4, 0.5) is 9.39 Å². The van der Waals surface area contributed by atoms with Gasteiger partial charge in [0.2, 0.25) is 5.76 Å². The Morgan fingerprint density at radius 3 is 2.83 bits per heavy atom. The van der Waals surface area contributed by atoms with Gasteiger partial charge in [0.15, 0.2) is 18.0 Å². The number of fused-ring (bicyclic) bond motifs is 2. The van der Waals surface area contributed by atoms with E-state index < -0.39 is 30.2 Å². The van der Waals surface area contributed by atoms with E-state index >= 15 is 0 Å². The van der Waals surface area contributed by atoms with E-state index in [1.165, 1.54) is 23.5 Å². The number of hydrogen-bond donors (Lipinski definition) is 2. The molecule has 0 saturated heterocycles. The van der Waals surface area contributed by atoms with Crippen LogP contribution in [0.1, 0.15) is 43.3 Å². The molecule has 3 N–H and O–H groups in total. The molecular weight excluding hydrogens is 399 g/mol. The number of carbonyl (C=O) groups excluding carboxylic acids is 3. The van der Waals surface area contributed by atoms with E-state index in [9.17, 15) is 18.8 Å². The second-order valence-corrected chi connectivity index (χ2v) is 7.83. The maximum Gasteiger partial charge on any atom is 0.375 e. The molecule has 0 saturated carbocycles. The van der Waals surface area contributed by atoms with Crippen LogP contribution < -0.4 is 11.1 Å². The molecule has 7 nitrogen and oxygen atoms in total. The molecule has 0 unspecified atom stereocenters. The molecule has 3 aromatic rings. The highest BCUT2D eigenvalue weighted by Crippen LogP contribution is 2.38. The van der Waals surface area contributed by atoms with Crippen molar-refractivity contribution < 1.29 is 27.9 Å². The molecule has 0 atom stereocenters. The molecule has 2 heterocycles. The average Bonchev–Trinajstić information content (AvgIpc) is 3.33. The van der Waals surface area contributed by atoms with Crippen LogP contribution in [0.25, 0.3) is 11.0 Å². The quantitative estimate of drug-likeness (QED) is 0.620. The van der Waals surface area contributed by atoms with E-state index in [2.05, 4.69) is 5.32 Å². The first-order valence-corrected chi connectivity index (χ1v) is 9.77. The number of halogens is 1. The Morgan fingerprint density at radius 1 is 1.31 bits per heavy atom. The normalized spacial score (nSPS) is 12.8. The van der Waals surface area contributed by atoms with E-state index in [0.29, 0.717) is 21.5 Å². The first-order chi connectivity index (χ1) is 13.9. The maximum atomic E-state index is 13.8. The van der Waals surface area contributed by atoms with Gasteiger partial charge in [0.25, 0.3) is 11.8 Å². The Balaban J connectivity index is 1.46. The van der Waals surface area contributed by atoms with Gasteiger partial charge in [-0.15, -0.1) is 11.3 Å². The van der Waals surface area contributed by atoms with Crippen molar-refractivity contribution in [3.05, 3.63) is 51.3 Å². The van der Waals surface area contributed by atoms with Crippen molar-refractivity contribution >= 4 is 45.1 Å². The summed E-state index contributed by atoms with van der Waals surface area (Å²) in [4.78, 5) is 37.3. The number of nitrogens with one attached hydrogen (secondary N) is 1. The molecule has 2 amide bonds. The zero-order valence-corrected chi connectivity index (χ0v) is 16.3. The lowest BCUT2D eigenvalue weighted by Crippen LogP contribution is -2.22. The van der Waals surface area contributed by atoms with Gasteiger partial charge in [-0.25, -0.2) is 9.18 Å². The van der Waals surface area contributed by atoms with Crippen LogP contribution in [0.3, 0.4) is 0 Å². The number of primary amides is 1. The van der Waals surface area contributed by atoms with Crippen molar-refractivity contribution in [2.45, 2.75) is 26.2 Å². The molecule has 0 spiro atoms. The summed E-state index contributed by atoms with van der Waals surface area (Å²) in [6.45, 7) is 1.02. The standard InChI is InChI=1S/C20H17FN2O5S/c1-9-10-4-2-6-12(21)17(10)28-16(9)20(26)27-8-14(24)23-19-15(18(22)25)11-5-3-7-13(11)29-19/h2,4,6H,3,5,7-8H2,1H3,(H2,22,25)(H,23,24). The monoisotopic (exact) mass is 416 g/mol. The molecule has 9 heteroatoms. The first-order valence-electron chi connectivity index (χ1n) is 8.95. The molecule has 0 radical (unpaired) electrons. The fourth-order valence-corrected chi connectivity index (χ4v) is 4.83. The maximum absolute atomic E-state index is 13.8. The third kappa shape index (κ3) is 3.38. The number of ether oxygens (including phenoxy) is 1. The van der Waals surface area contributed by atoms with Gasteiger partial charge < -0.3 is 20.2 Å². The molecule has 1 aromatic carbocycles. The molecule has 29 heavy (non-hydrogen) atoms. The summed E-state index contributed by atoms with van der Waals surface area (Å²) in [5.74, 6) is -2.84. The highest BCUT2D eigenvalue weighted by molar-refractivity contribution is 7.17. The second kappa shape index (κ2) is 7.32. The molecule has 0 fully saturated rings. The number of furan rings is 1. The highest BCUT2D eigenvalue weighted by atomic mass is 32.1. The largest absolute Gasteiger partial charge is 0.450 e. The van der Waals surface area contributed by atoms with Gasteiger partial charge in [-0.2, -0.15) is 0 Å². The summed E-state index contributed by atoms with van der Waals surface area (Å²) in [6, 6.07) is 4.36. The van der Waals surface area contributed by atoms with Crippen LogP contribution in [0, 0.1) is 12.7 Å². The van der Waals surface area contributed by atoms with E-state index in [1.807, 2.05) is 0 Å². The molecule has 2 aromatic heterocycles. The van der Waals surface area contributed by atoms with Crippen LogP contribution in [-0.2, 0) is 22.4 Å². The Bertz CT molecular complexity index is 1160. The Labute approximate surface area is 168 Å². The predicted octanol–water partition coefficient (Wildman–Crippen LogP) is 3.32. The van der Waals surface area contributed by atoms with Gasteiger partial charge in [0.05, 0.1) is 5.56 Å². The zero-order chi connectivity index (χ0) is 20.7. The number of carbonyl (C=O) groups is 3. The number of hydrogen-bond acceptors (Lipinski definition) is 6. The highest BCUT2D eigenvalue weighted by Gasteiger charge is 2.27. The number of benzene rings is 1. The second-order valence-electron chi connectivity index (χ2n) is 6.72. The average molecular weight is 416 g/mol. The van der Waals surface area contributed by atoms with E-state index in [-0.39, 0.29) is 11.3 Å². The fraction of sp³-hybridized carbons (Fsp3) is 0.250. The smallest absolute Gasteiger partial charge is 0.375 e. The van der Waals surface area contributed by atoms with E-state index in [0.717, 1.165) is 29.7 Å². The number of amides is 2. The lowest BCUT2D eigenvalue weighted by Gasteiger charge is -2.06. The number of rotatable bonds is 5. The molecule has 0 aliphatic heterocycles. The first kappa shape index (κ1) is 19.1. The minimum absolute atomic E-state index is 0.0411. The van der Waals surface area contributed by atoms with Gasteiger partial charge in [-0.1, -0.05) is 12.1 Å². The van der Waals surface area contributed by atoms with Crippen LogP contribution in [0.5, 0.6) is 0 Å². The van der Waals surface area contributed by atoms with Crippen LogP contribution in [-0.4, -0.2) is 24.4 Å². The number of anilines is 1. The SMILES string of the molecule is Cc1c(C(=O)OCC(=O)Nc2sc3c(c2C(N)=O)CCC3)oc2c(F)cccc12. The number of esters is 1. The number of nitrogens with two attached hydrogens (primary N) is 1. The van der Waals surface area contributed by atoms with Gasteiger partial charge in [0, 0.05) is 15.8 Å². The van der Waals surface area contributed by atoms with Crippen molar-refractivity contribution in [3.8, 4) is 0 Å². The fourth-order valence-electron chi connectivity index (χ4n) is 3.52. The minimum atomic E-state index is -0.878. The van der Waals surface area contributed by atoms with Gasteiger partial charge in [-0.05, 0) is 37.8 Å². The summed E-state index contributed by atoms with van der Waals surface area (Å²) in [7, 11) is 0. The lowest BCUT2D eigenvalue weighted by atomic mass is 10.1. The zero-order valence-electron chi connectivity index (χ0n) is 15.5. The molecule has 1 aliphatic rings. The van der Waals surface area contributed by atoms with Crippen molar-refractivity contribution in [1.82, 2.24) is 0 Å². The third-order valence-electron chi connectivity index (χ3n) is 4.86. The number of thiophene rings is 1. The van der Waals surface area contributed by atoms with Gasteiger partial charge in [-0.3, -0.25) is 9.59 Å². The molecule has 150 valence electrons. The summed E-state index contributed by atoms with van der Waals surface area (Å²) >= 11 is 1.31. The lowest BCUT2D eigenvalue weighted by molar-refractivity contribution is -0.119. The molecule has 0 bridgehead atoms. The Hall–Kier alpha value is -3.20. The van der Waals surface area contributed by atoms with E-state index in [1.54, 1.807) is 13.0 Å². The van der Waals surface area contributed by atoms with Crippen molar-refractivity contribution in [2.24, 2.45) is 5.73 Å². The molecular formula is C20H17FN2O5S. The summed E-state index contributed by atoms with van der Waals surface area (Å²) < 4.78 is 24.1. The Morgan fingerprint density at radius 2 is 2.10 bits per heavy atom.